The van der Waals surface area contributed by atoms with Crippen molar-refractivity contribution < 1.29 is 14.6 Å². The van der Waals surface area contributed by atoms with Gasteiger partial charge in [0, 0.05) is 19.0 Å². The number of ether oxygens (including phenoxy) is 1. The van der Waals surface area contributed by atoms with Gasteiger partial charge in [-0.2, -0.15) is 0 Å². The molecule has 1 aromatic carbocycles. The van der Waals surface area contributed by atoms with Gasteiger partial charge in [0.1, 0.15) is 5.75 Å². The number of hydrogen-bond acceptors (Lipinski definition) is 3. The fourth-order valence-electron chi connectivity index (χ4n) is 3.02. The number of amides is 1. The van der Waals surface area contributed by atoms with Crippen molar-refractivity contribution in [3.05, 3.63) is 29.8 Å². The van der Waals surface area contributed by atoms with E-state index in [2.05, 4.69) is 0 Å². The van der Waals surface area contributed by atoms with Gasteiger partial charge in [-0.1, -0.05) is 12.1 Å². The predicted molar refractivity (Wildman–Crippen MR) is 85.0 cm³/mol. The summed E-state index contributed by atoms with van der Waals surface area (Å²) >= 11 is 0. The van der Waals surface area contributed by atoms with Crippen LogP contribution in [0.15, 0.2) is 24.3 Å². The standard InChI is InChI=1S/C18H25NO3/c1-13(20)15-5-4-10-19(11-15)18(21)16-6-2-3-7-17(16)22-12-14-8-9-14/h2-3,6-7,13-15,20H,4-5,8-12H2,1H3. The largest absolute Gasteiger partial charge is 0.492 e. The normalized spacial score (nSPS) is 23.2. The van der Waals surface area contributed by atoms with E-state index in [1.165, 1.54) is 12.8 Å². The highest BCUT2D eigenvalue weighted by atomic mass is 16.5. The molecule has 2 fully saturated rings. The highest BCUT2D eigenvalue weighted by molar-refractivity contribution is 5.97. The molecule has 0 bridgehead atoms. The predicted octanol–water partition coefficient (Wildman–Crippen LogP) is 2.71. The van der Waals surface area contributed by atoms with Crippen LogP contribution >= 0.6 is 0 Å². The van der Waals surface area contributed by atoms with Crippen LogP contribution in [-0.2, 0) is 0 Å². The summed E-state index contributed by atoms with van der Waals surface area (Å²) in [5.74, 6) is 1.56. The molecular formula is C18H25NO3. The number of aliphatic hydroxyl groups excluding tert-OH is 1. The molecule has 4 heteroatoms. The van der Waals surface area contributed by atoms with Gasteiger partial charge in [0.15, 0.2) is 0 Å². The van der Waals surface area contributed by atoms with Crippen LogP contribution in [-0.4, -0.2) is 41.7 Å². The lowest BCUT2D eigenvalue weighted by molar-refractivity contribution is 0.0463. The average molecular weight is 303 g/mol. The number of carbonyl (C=O) groups excluding carboxylic acids is 1. The molecule has 1 saturated carbocycles. The first kappa shape index (κ1) is 15.3. The Morgan fingerprint density at radius 3 is 2.86 bits per heavy atom. The molecule has 1 saturated heterocycles. The van der Waals surface area contributed by atoms with Gasteiger partial charge in [0.25, 0.3) is 5.91 Å². The third-order valence-electron chi connectivity index (χ3n) is 4.72. The van der Waals surface area contributed by atoms with Crippen molar-refractivity contribution in [2.75, 3.05) is 19.7 Å². The van der Waals surface area contributed by atoms with Gasteiger partial charge in [0.05, 0.1) is 18.3 Å². The minimum Gasteiger partial charge on any atom is -0.492 e. The van der Waals surface area contributed by atoms with Crippen molar-refractivity contribution in [2.24, 2.45) is 11.8 Å². The number of para-hydroxylation sites is 1. The summed E-state index contributed by atoms with van der Waals surface area (Å²) in [6, 6.07) is 7.52. The van der Waals surface area contributed by atoms with E-state index in [1.54, 1.807) is 0 Å². The number of rotatable bonds is 5. The van der Waals surface area contributed by atoms with Crippen molar-refractivity contribution >= 4 is 5.91 Å². The number of nitrogens with zero attached hydrogens (tertiary/aromatic N) is 1. The SMILES string of the molecule is CC(O)C1CCCN(C(=O)c2ccccc2OCC2CC2)C1. The lowest BCUT2D eigenvalue weighted by Crippen LogP contribution is -2.43. The van der Waals surface area contributed by atoms with Gasteiger partial charge in [-0.15, -0.1) is 0 Å². The van der Waals surface area contributed by atoms with E-state index in [1.807, 2.05) is 36.1 Å². The van der Waals surface area contributed by atoms with Crippen molar-refractivity contribution in [1.82, 2.24) is 4.90 Å². The summed E-state index contributed by atoms with van der Waals surface area (Å²) in [6.45, 7) is 3.92. The molecule has 1 N–H and O–H groups in total. The monoisotopic (exact) mass is 303 g/mol. The van der Waals surface area contributed by atoms with Crippen LogP contribution in [0.2, 0.25) is 0 Å². The second kappa shape index (κ2) is 6.69. The highest BCUT2D eigenvalue weighted by Crippen LogP contribution is 2.31. The number of aliphatic hydroxyl groups is 1. The third-order valence-corrected chi connectivity index (χ3v) is 4.72. The number of piperidine rings is 1. The number of hydrogen-bond donors (Lipinski definition) is 1. The Bertz CT molecular complexity index is 525. The van der Waals surface area contributed by atoms with Gasteiger partial charge >= 0.3 is 0 Å². The minimum absolute atomic E-state index is 0.0248. The van der Waals surface area contributed by atoms with Crippen molar-refractivity contribution in [3.8, 4) is 5.75 Å². The summed E-state index contributed by atoms with van der Waals surface area (Å²) in [5, 5.41) is 9.79. The summed E-state index contributed by atoms with van der Waals surface area (Å²) in [5.41, 5.74) is 0.648. The lowest BCUT2D eigenvalue weighted by atomic mass is 9.93. The summed E-state index contributed by atoms with van der Waals surface area (Å²) < 4.78 is 5.85. The summed E-state index contributed by atoms with van der Waals surface area (Å²) in [6.07, 6.45) is 4.04. The lowest BCUT2D eigenvalue weighted by Gasteiger charge is -2.34. The molecule has 0 radical (unpaired) electrons. The molecule has 1 amide bonds. The fraction of sp³-hybridized carbons (Fsp3) is 0.611. The topological polar surface area (TPSA) is 49.8 Å². The first-order chi connectivity index (χ1) is 10.6. The van der Waals surface area contributed by atoms with Crippen molar-refractivity contribution in [1.29, 1.82) is 0 Å². The molecule has 4 nitrogen and oxygen atoms in total. The summed E-state index contributed by atoms with van der Waals surface area (Å²) in [4.78, 5) is 14.7. The zero-order valence-electron chi connectivity index (χ0n) is 13.2. The van der Waals surface area contributed by atoms with Crippen LogP contribution < -0.4 is 4.74 Å². The van der Waals surface area contributed by atoms with E-state index in [0.717, 1.165) is 19.4 Å². The molecule has 2 aliphatic rings. The van der Waals surface area contributed by atoms with Gasteiger partial charge in [-0.05, 0) is 50.7 Å². The Kier molecular flexibility index (Phi) is 4.67. The van der Waals surface area contributed by atoms with Gasteiger partial charge in [0.2, 0.25) is 0 Å². The van der Waals surface area contributed by atoms with Gasteiger partial charge in [-0.3, -0.25) is 4.79 Å². The molecular weight excluding hydrogens is 278 g/mol. The van der Waals surface area contributed by atoms with E-state index in [9.17, 15) is 9.90 Å². The van der Waals surface area contributed by atoms with Crippen LogP contribution in [0.5, 0.6) is 5.75 Å². The molecule has 120 valence electrons. The zero-order chi connectivity index (χ0) is 15.5. The molecule has 2 unspecified atom stereocenters. The Balaban J connectivity index is 1.70. The maximum Gasteiger partial charge on any atom is 0.257 e. The Morgan fingerprint density at radius 2 is 2.14 bits per heavy atom. The molecule has 1 aliphatic carbocycles. The van der Waals surface area contributed by atoms with Crippen LogP contribution in [0, 0.1) is 11.8 Å². The smallest absolute Gasteiger partial charge is 0.257 e. The first-order valence-electron chi connectivity index (χ1n) is 8.34. The maximum atomic E-state index is 12.8. The molecule has 1 aliphatic heterocycles. The van der Waals surface area contributed by atoms with E-state index < -0.39 is 0 Å². The second-order valence-corrected chi connectivity index (χ2v) is 6.64. The second-order valence-electron chi connectivity index (χ2n) is 6.64. The molecule has 22 heavy (non-hydrogen) atoms. The maximum absolute atomic E-state index is 12.8. The average Bonchev–Trinajstić information content (AvgIpc) is 3.37. The van der Waals surface area contributed by atoms with Crippen molar-refractivity contribution in [3.63, 3.8) is 0 Å². The molecule has 1 heterocycles. The van der Waals surface area contributed by atoms with Gasteiger partial charge in [-0.25, -0.2) is 0 Å². The van der Waals surface area contributed by atoms with E-state index >= 15 is 0 Å². The Hall–Kier alpha value is -1.55. The highest BCUT2D eigenvalue weighted by Gasteiger charge is 2.29. The molecule has 2 atom stereocenters. The number of benzene rings is 1. The van der Waals surface area contributed by atoms with Crippen molar-refractivity contribution in [2.45, 2.75) is 38.7 Å². The van der Waals surface area contributed by atoms with Crippen LogP contribution in [0.4, 0.5) is 0 Å². The minimum atomic E-state index is -0.364. The molecule has 0 aromatic heterocycles. The van der Waals surface area contributed by atoms with Gasteiger partial charge < -0.3 is 14.7 Å². The Labute approximate surface area is 132 Å². The van der Waals surface area contributed by atoms with E-state index in [4.69, 9.17) is 4.74 Å². The third kappa shape index (κ3) is 3.61. The molecule has 1 aromatic rings. The Morgan fingerprint density at radius 1 is 1.36 bits per heavy atom. The fourth-order valence-corrected chi connectivity index (χ4v) is 3.02. The first-order valence-corrected chi connectivity index (χ1v) is 8.34. The molecule has 3 rings (SSSR count). The summed E-state index contributed by atoms with van der Waals surface area (Å²) in [7, 11) is 0. The van der Waals surface area contributed by atoms with Crippen LogP contribution in [0.1, 0.15) is 43.0 Å². The number of likely N-dealkylation sites (tertiary alicyclic amines) is 1. The van der Waals surface area contributed by atoms with E-state index in [0.29, 0.717) is 30.4 Å². The quantitative estimate of drug-likeness (QED) is 0.910. The van der Waals surface area contributed by atoms with Crippen LogP contribution in [0.25, 0.3) is 0 Å². The van der Waals surface area contributed by atoms with E-state index in [-0.39, 0.29) is 17.9 Å². The zero-order valence-corrected chi connectivity index (χ0v) is 13.2. The number of carbonyl (C=O) groups is 1. The molecule has 0 spiro atoms. The van der Waals surface area contributed by atoms with Crippen LogP contribution in [0.3, 0.4) is 0 Å².